The minimum absolute atomic E-state index is 0.0114. The highest BCUT2D eigenvalue weighted by molar-refractivity contribution is 5.55. The van der Waals surface area contributed by atoms with Gasteiger partial charge < -0.3 is 87.5 Å². The van der Waals surface area contributed by atoms with Gasteiger partial charge in [0, 0.05) is 164 Å². The summed E-state index contributed by atoms with van der Waals surface area (Å²) in [6, 6.07) is -6.27. The molecular weight excluding hydrogens is 1780 g/mol. The predicted molar refractivity (Wildman–Crippen MR) is 561 cm³/mol. The Kier molecular flexibility index (Phi) is 19.6. The van der Waals surface area contributed by atoms with Crippen molar-refractivity contribution in [2.45, 2.75) is 292 Å². The van der Waals surface area contributed by atoms with Crippen LogP contribution >= 0.6 is 0 Å². The van der Waals surface area contributed by atoms with Gasteiger partial charge in [0.2, 0.25) is 0 Å². The summed E-state index contributed by atoms with van der Waals surface area (Å²) < 4.78 is 532. The van der Waals surface area contributed by atoms with Crippen molar-refractivity contribution >= 4 is 0 Å². The van der Waals surface area contributed by atoms with E-state index in [0.717, 1.165) is 18.7 Å². The minimum Gasteiger partial charge on any atom is -0.493 e. The van der Waals surface area contributed by atoms with Gasteiger partial charge in [-0.3, -0.25) is 29.4 Å². The SMILES string of the molecule is [2H]c1c2c(c([2H])c(OC([2H])([2H])[2H])c1OC)C1CC(O)C(C([2H])([2H])C(C)(C([2H])([2H])[2H])C([2H])([2H])[2H])C([2H])([2H])N1CC2.[2H]c1c2c(c([2H])c(OC([2H])([2H])[2H])c1OC)C1CC(O)C(CC(C)C)C([2H])([2H])N1CC2.[2H]c1c2c(c([2H])c(OC([2H])([2H])[2H])c1OC)C1CC(O)C(CC(C)C)C([2H])([2H])N1CC2.[2H]c1c2c(c([2H])c(OC)c1OC)C1CC(O)C(C([2H])([2H])C(C)(C([2H])([2H])[2H])C([2H])([2H])[2H])C([2H])([2H])N1CC2.[2H]c1c2c(c([2H])c(OC)c1OC)C1CC(O)C(C([2H])([2H])C(C)(C([2H])([2H])[2H])C([2H])([2H])[2H])C([2H])([2H])N1CC2.[2H]c1c2c(c([2H])c(OC)c1OC)C1CC(O)C(CC(C)C)C([2H])([2H])N1CC2. The maximum absolute atomic E-state index is 11.2. The highest BCUT2D eigenvalue weighted by atomic mass is 16.5. The molecule has 24 heteroatoms. The molecule has 12 aliphatic heterocycles. The van der Waals surface area contributed by atoms with Crippen LogP contribution in [0.25, 0.3) is 0 Å². The molecule has 6 saturated heterocycles. The highest BCUT2D eigenvalue weighted by Crippen LogP contribution is 2.53. The van der Waals surface area contributed by atoms with E-state index in [2.05, 4.69) is 0 Å². The summed E-state index contributed by atoms with van der Waals surface area (Å²) in [5.74, 6) is -8.46. The van der Waals surface area contributed by atoms with Crippen LogP contribution in [-0.2, 0) is 38.5 Å². The molecular formula is C117H180N6O18. The lowest BCUT2D eigenvalue weighted by molar-refractivity contribution is -0.0259. The molecule has 0 aromatic heterocycles. The summed E-state index contributed by atoms with van der Waals surface area (Å²) in [5.41, 5.74) is -4.54. The first-order chi connectivity index (χ1) is 90.0. The molecule has 18 rings (SSSR count). The number of aliphatic hydroxyl groups excluding tert-OH is 6. The van der Waals surface area contributed by atoms with Crippen LogP contribution in [0.2, 0.25) is 0 Å². The normalized spacial score (nSPS) is 36.6. The maximum Gasteiger partial charge on any atom is 0.161 e. The van der Waals surface area contributed by atoms with Gasteiger partial charge in [0.05, 0.1) is 151 Å². The molecule has 6 fully saturated rings. The number of ether oxygens (including phenoxy) is 12. The molecule has 18 unspecified atom stereocenters. The smallest absolute Gasteiger partial charge is 0.161 e. The van der Waals surface area contributed by atoms with Crippen molar-refractivity contribution in [3.63, 3.8) is 0 Å². The molecule has 12 aliphatic rings. The molecule has 0 amide bonds. The minimum atomic E-state index is -3.41. The molecule has 0 spiro atoms. The molecule has 141 heavy (non-hydrogen) atoms. The fraction of sp³-hybridized carbons (Fsp3) is 0.692. The van der Waals surface area contributed by atoms with Crippen molar-refractivity contribution in [2.24, 2.45) is 69.5 Å². The lowest BCUT2D eigenvalue weighted by Gasteiger charge is -2.47. The number of nitrogens with zero attached hydrogens (tertiary/aromatic N) is 6. The lowest BCUT2D eigenvalue weighted by Crippen LogP contribution is -2.48. The van der Waals surface area contributed by atoms with Crippen LogP contribution in [0, 0.1) is 69.5 Å². The standard InChI is InChI=1S/3C20H31NO3.3C19H29NO3/c3*1-20(2,3)11-14-12-21-7-6-13-8-18(23-4)19(24-5)9-15(13)16(21)10-17(14)22;3*1-12(2)7-14-11-20-6-5-13-8-18(22-3)19(23-4)9-15(13)16(20)10-17(14)21/h3*8-9,14,16-17,22H,6-7,10-12H2,1-5H3;3*8-9,12,14,16-17,21H,5-7,10-11H2,1-4H3/i1D3,2D3,5D3,8D,9D,11D2,12D2;2*1D3,2D3,8D,9D,11D2,12D2;2*4D3,8D,9D,11D2;8D,9D,11D2. The van der Waals surface area contributed by atoms with Crippen LogP contribution in [0.5, 0.6) is 69.0 Å². The van der Waals surface area contributed by atoms with Gasteiger partial charge >= 0.3 is 0 Å². The van der Waals surface area contributed by atoms with Gasteiger partial charge in [0.15, 0.2) is 69.0 Å². The van der Waals surface area contributed by atoms with Crippen molar-refractivity contribution < 1.29 is 166 Å². The van der Waals surface area contributed by atoms with Crippen LogP contribution in [-0.4, -0.2) is 260 Å². The molecule has 0 saturated carbocycles. The van der Waals surface area contributed by atoms with E-state index in [9.17, 15) is 30.6 Å². The summed E-state index contributed by atoms with van der Waals surface area (Å²) in [7, 11) is 3.23. The summed E-state index contributed by atoms with van der Waals surface area (Å²) in [6.07, 6.45) is -15.3. The molecule has 786 valence electrons. The monoisotopic (exact) mass is 2010 g/mol. The average molecular weight is 2020 g/mol. The van der Waals surface area contributed by atoms with Crippen LogP contribution in [0.1, 0.15) is 361 Å². The highest BCUT2D eigenvalue weighted by Gasteiger charge is 2.47. The topological polar surface area (TPSA) is 252 Å². The number of hydrogen-bond donors (Lipinski definition) is 6. The Morgan fingerprint density at radius 3 is 0.589 bits per heavy atom. The Morgan fingerprint density at radius 1 is 0.277 bits per heavy atom. The summed E-state index contributed by atoms with van der Waals surface area (Å²) >= 11 is 0. The zero-order valence-corrected chi connectivity index (χ0v) is 83.7. The summed E-state index contributed by atoms with van der Waals surface area (Å²) in [4.78, 5) is 8.64. The Bertz CT molecular complexity index is 7450. The summed E-state index contributed by atoms with van der Waals surface area (Å²) in [5, 5.41) is 65.9. The van der Waals surface area contributed by atoms with E-state index in [-0.39, 0.29) is 234 Å². The van der Waals surface area contributed by atoms with Gasteiger partial charge in [-0.2, -0.15) is 0 Å². The first-order valence-electron chi connectivity index (χ1n) is 76.6. The predicted octanol–water partition coefficient (Wildman–Crippen LogP) is 19.3. The largest absolute Gasteiger partial charge is 0.493 e. The molecule has 0 bridgehead atoms. The number of fused-ring (bicyclic) bond motifs is 18. The maximum atomic E-state index is 11.2. The number of methoxy groups -OCH3 is 12. The van der Waals surface area contributed by atoms with E-state index < -0.39 is 263 Å². The molecule has 18 atom stereocenters. The zero-order valence-electron chi connectivity index (χ0n) is 141. The van der Waals surface area contributed by atoms with E-state index in [4.69, 9.17) is 135 Å². The van der Waals surface area contributed by atoms with Crippen LogP contribution < -0.4 is 56.8 Å². The van der Waals surface area contributed by atoms with Gasteiger partial charge in [-0.25, -0.2) is 0 Å². The third-order valence-corrected chi connectivity index (χ3v) is 27.0. The molecule has 6 aromatic rings. The molecule has 0 radical (unpaired) electrons. The Hall–Kier alpha value is -7.56. The van der Waals surface area contributed by atoms with Crippen molar-refractivity contribution in [1.82, 2.24) is 29.4 Å². The van der Waals surface area contributed by atoms with Crippen molar-refractivity contribution in [1.29, 1.82) is 0 Å². The average Bonchev–Trinajstić information content (AvgIpc) is 0.690. The number of aliphatic hydroxyl groups is 6. The fourth-order valence-corrected chi connectivity index (χ4v) is 20.6. The quantitative estimate of drug-likeness (QED) is 0.0392. The van der Waals surface area contributed by atoms with Crippen molar-refractivity contribution in [3.8, 4) is 69.0 Å². The zero-order chi connectivity index (χ0) is 151. The second-order valence-corrected chi connectivity index (χ2v) is 39.2. The van der Waals surface area contributed by atoms with Gasteiger partial charge in [-0.05, 0) is 324 Å². The van der Waals surface area contributed by atoms with Crippen molar-refractivity contribution in [3.05, 3.63) is 139 Å². The van der Waals surface area contributed by atoms with E-state index in [1.807, 2.05) is 41.5 Å². The van der Waals surface area contributed by atoms with E-state index >= 15 is 0 Å². The van der Waals surface area contributed by atoms with Crippen LogP contribution in [0.15, 0.2) is 72.5 Å². The fourth-order valence-electron chi connectivity index (χ4n) is 20.6. The first-order valence-corrected chi connectivity index (χ1v) is 48.1. The second-order valence-electron chi connectivity index (χ2n) is 39.2. The number of rotatable bonds is 21. The van der Waals surface area contributed by atoms with Crippen LogP contribution in [0.4, 0.5) is 0 Å². The van der Waals surface area contributed by atoms with Gasteiger partial charge in [0.25, 0.3) is 0 Å². The van der Waals surface area contributed by atoms with E-state index in [1.165, 1.54) is 73.8 Å². The van der Waals surface area contributed by atoms with Crippen molar-refractivity contribution in [2.75, 3.05) is 163 Å². The van der Waals surface area contributed by atoms with E-state index in [0.29, 0.717) is 116 Å². The second kappa shape index (κ2) is 48.4. The Morgan fingerprint density at radius 2 is 0.433 bits per heavy atom. The molecule has 24 nitrogen and oxygen atoms in total. The van der Waals surface area contributed by atoms with E-state index in [1.54, 1.807) is 14.7 Å². The molecule has 6 aromatic carbocycles. The van der Waals surface area contributed by atoms with Gasteiger partial charge in [-0.15, -0.1) is 0 Å². The lowest BCUT2D eigenvalue weighted by atomic mass is 9.75. The molecule has 0 aliphatic carbocycles. The third kappa shape index (κ3) is 26.9. The Labute approximate surface area is 926 Å². The third-order valence-electron chi connectivity index (χ3n) is 27.0. The van der Waals surface area contributed by atoms with Gasteiger partial charge in [-0.1, -0.05) is 103 Å². The van der Waals surface area contributed by atoms with Crippen LogP contribution in [0.3, 0.4) is 0 Å². The number of piperidine rings is 6. The molecule has 12 heterocycles. The molecule has 6 N–H and O–H groups in total. The number of benzene rings is 6. The Balaban J connectivity index is 0.000000192. The first kappa shape index (κ1) is 57.1. The number of hydrogen-bond acceptors (Lipinski definition) is 24. The van der Waals surface area contributed by atoms with Gasteiger partial charge in [0.1, 0.15) is 0 Å². The summed E-state index contributed by atoms with van der Waals surface area (Å²) in [6.45, 7) is -18.6.